The van der Waals surface area contributed by atoms with Crippen molar-refractivity contribution in [1.82, 2.24) is 10.2 Å². The van der Waals surface area contributed by atoms with Crippen molar-refractivity contribution in [3.05, 3.63) is 0 Å². The number of fused-ring (bicyclic) bond motifs is 2. The molecule has 1 N–H and O–H groups in total. The Hall–Kier alpha value is -0.280. The molecule has 3 saturated heterocycles. The lowest BCUT2D eigenvalue weighted by Gasteiger charge is -2.34. The number of hydrogen-bond donors (Lipinski definition) is 1. The first-order valence-electron chi connectivity index (χ1n) is 8.28. The van der Waals surface area contributed by atoms with Crippen molar-refractivity contribution < 1.29 is 4.79 Å². The number of nitrogens with one attached hydrogen (secondary N) is 1. The monoisotopic (exact) mass is 300 g/mol. The summed E-state index contributed by atoms with van der Waals surface area (Å²) in [7, 11) is 0. The third-order valence-corrected chi connectivity index (χ3v) is 5.58. The first-order chi connectivity index (χ1) is 9.24. The SMILES string of the molecule is CCC1CCN(C(=O)CC2CC3CCC(C2)N3)CC1.Cl. The zero-order valence-corrected chi connectivity index (χ0v) is 13.5. The molecule has 0 aromatic carbocycles. The molecule has 3 heterocycles. The molecule has 3 nitrogen and oxygen atoms in total. The summed E-state index contributed by atoms with van der Waals surface area (Å²) in [6.07, 6.45) is 9.65. The Bertz CT molecular complexity index is 316. The second-order valence-electron chi connectivity index (χ2n) is 6.91. The summed E-state index contributed by atoms with van der Waals surface area (Å²) >= 11 is 0. The average Bonchev–Trinajstić information content (AvgIpc) is 2.78. The van der Waals surface area contributed by atoms with E-state index in [-0.39, 0.29) is 12.4 Å². The maximum atomic E-state index is 12.4. The van der Waals surface area contributed by atoms with Crippen LogP contribution in [-0.2, 0) is 4.79 Å². The number of amides is 1. The zero-order valence-electron chi connectivity index (χ0n) is 12.6. The van der Waals surface area contributed by atoms with Crippen LogP contribution in [0.5, 0.6) is 0 Å². The van der Waals surface area contributed by atoms with Crippen molar-refractivity contribution in [3.8, 4) is 0 Å². The number of carbonyl (C=O) groups excluding carboxylic acids is 1. The summed E-state index contributed by atoms with van der Waals surface area (Å²) in [6.45, 7) is 4.29. The smallest absolute Gasteiger partial charge is 0.222 e. The minimum Gasteiger partial charge on any atom is -0.343 e. The van der Waals surface area contributed by atoms with E-state index in [0.29, 0.717) is 23.9 Å². The molecule has 3 rings (SSSR count). The summed E-state index contributed by atoms with van der Waals surface area (Å²) in [5.74, 6) is 1.94. The molecule has 0 aliphatic carbocycles. The van der Waals surface area contributed by atoms with Crippen LogP contribution in [-0.4, -0.2) is 36.0 Å². The highest BCUT2D eigenvalue weighted by molar-refractivity contribution is 5.85. The van der Waals surface area contributed by atoms with E-state index in [1.54, 1.807) is 0 Å². The minimum absolute atomic E-state index is 0. The fourth-order valence-corrected chi connectivity index (χ4v) is 4.31. The molecular formula is C16H29ClN2O. The minimum atomic E-state index is 0. The Labute approximate surface area is 129 Å². The molecule has 3 fully saturated rings. The number of hydrogen-bond acceptors (Lipinski definition) is 2. The van der Waals surface area contributed by atoms with E-state index in [4.69, 9.17) is 0 Å². The van der Waals surface area contributed by atoms with Gasteiger partial charge in [-0.25, -0.2) is 0 Å². The van der Waals surface area contributed by atoms with Gasteiger partial charge in [0.25, 0.3) is 0 Å². The summed E-state index contributed by atoms with van der Waals surface area (Å²) in [4.78, 5) is 14.5. The molecule has 0 aromatic heterocycles. The topological polar surface area (TPSA) is 32.3 Å². The second kappa shape index (κ2) is 7.13. The lowest BCUT2D eigenvalue weighted by molar-refractivity contribution is -0.133. The van der Waals surface area contributed by atoms with Crippen LogP contribution >= 0.6 is 12.4 Å². The molecule has 116 valence electrons. The summed E-state index contributed by atoms with van der Waals surface area (Å²) in [6, 6.07) is 1.42. The van der Waals surface area contributed by atoms with E-state index in [1.165, 1.54) is 44.9 Å². The van der Waals surface area contributed by atoms with Gasteiger partial charge in [0.05, 0.1) is 0 Å². The first kappa shape index (κ1) is 16.1. The van der Waals surface area contributed by atoms with Gasteiger partial charge in [0.15, 0.2) is 0 Å². The number of piperidine rings is 2. The molecule has 3 aliphatic heterocycles. The van der Waals surface area contributed by atoms with Crippen molar-refractivity contribution >= 4 is 18.3 Å². The Morgan fingerprint density at radius 2 is 1.65 bits per heavy atom. The Morgan fingerprint density at radius 3 is 2.20 bits per heavy atom. The number of likely N-dealkylation sites (tertiary alicyclic amines) is 1. The van der Waals surface area contributed by atoms with Gasteiger partial charge < -0.3 is 10.2 Å². The van der Waals surface area contributed by atoms with Crippen LogP contribution in [0.1, 0.15) is 58.3 Å². The van der Waals surface area contributed by atoms with Gasteiger partial charge in [-0.3, -0.25) is 4.79 Å². The molecule has 2 bridgehead atoms. The van der Waals surface area contributed by atoms with Crippen LogP contribution in [0, 0.1) is 11.8 Å². The highest BCUT2D eigenvalue weighted by Crippen LogP contribution is 2.33. The fraction of sp³-hybridized carbons (Fsp3) is 0.938. The molecule has 0 aromatic rings. The number of nitrogens with zero attached hydrogens (tertiary/aromatic N) is 1. The summed E-state index contributed by atoms with van der Waals surface area (Å²) in [5.41, 5.74) is 0. The molecule has 4 heteroatoms. The van der Waals surface area contributed by atoms with E-state index < -0.39 is 0 Å². The quantitative estimate of drug-likeness (QED) is 0.869. The van der Waals surface area contributed by atoms with Gasteiger partial charge in [-0.2, -0.15) is 0 Å². The van der Waals surface area contributed by atoms with Crippen molar-refractivity contribution in [2.45, 2.75) is 70.4 Å². The molecule has 0 saturated carbocycles. The van der Waals surface area contributed by atoms with Crippen molar-refractivity contribution in [1.29, 1.82) is 0 Å². The number of halogens is 1. The summed E-state index contributed by atoms with van der Waals surface area (Å²) < 4.78 is 0. The van der Waals surface area contributed by atoms with Gasteiger partial charge in [0.2, 0.25) is 5.91 Å². The van der Waals surface area contributed by atoms with Crippen LogP contribution in [0.3, 0.4) is 0 Å². The zero-order chi connectivity index (χ0) is 13.2. The van der Waals surface area contributed by atoms with Gasteiger partial charge in [-0.15, -0.1) is 12.4 Å². The molecule has 2 atom stereocenters. The Balaban J connectivity index is 0.00000147. The maximum absolute atomic E-state index is 12.4. The standard InChI is InChI=1S/C16H28N2O.ClH/c1-2-12-5-7-18(8-6-12)16(19)11-13-9-14-3-4-15(10-13)17-14;/h12-15,17H,2-11H2,1H3;1H. The third kappa shape index (κ3) is 3.67. The predicted molar refractivity (Wildman–Crippen MR) is 84.1 cm³/mol. The normalized spacial score (nSPS) is 33.9. The molecular weight excluding hydrogens is 272 g/mol. The highest BCUT2D eigenvalue weighted by atomic mass is 35.5. The molecule has 3 aliphatic rings. The lowest BCUT2D eigenvalue weighted by atomic mass is 9.88. The fourth-order valence-electron chi connectivity index (χ4n) is 4.31. The van der Waals surface area contributed by atoms with Crippen LogP contribution in [0.25, 0.3) is 0 Å². The lowest BCUT2D eigenvalue weighted by Crippen LogP contribution is -2.42. The number of carbonyl (C=O) groups is 1. The van der Waals surface area contributed by atoms with Gasteiger partial charge in [-0.1, -0.05) is 13.3 Å². The van der Waals surface area contributed by atoms with Crippen LogP contribution in [0.4, 0.5) is 0 Å². The van der Waals surface area contributed by atoms with Gasteiger partial charge >= 0.3 is 0 Å². The molecule has 20 heavy (non-hydrogen) atoms. The van der Waals surface area contributed by atoms with E-state index in [1.807, 2.05) is 0 Å². The Morgan fingerprint density at radius 1 is 1.05 bits per heavy atom. The van der Waals surface area contributed by atoms with Gasteiger partial charge in [0, 0.05) is 31.6 Å². The van der Waals surface area contributed by atoms with Gasteiger partial charge in [-0.05, 0) is 50.4 Å². The van der Waals surface area contributed by atoms with E-state index in [0.717, 1.165) is 25.4 Å². The van der Waals surface area contributed by atoms with Crippen molar-refractivity contribution in [3.63, 3.8) is 0 Å². The first-order valence-corrected chi connectivity index (χ1v) is 8.28. The van der Waals surface area contributed by atoms with E-state index >= 15 is 0 Å². The molecule has 0 radical (unpaired) electrons. The second-order valence-corrected chi connectivity index (χ2v) is 6.91. The summed E-state index contributed by atoms with van der Waals surface area (Å²) in [5, 5.41) is 3.66. The van der Waals surface area contributed by atoms with Crippen LogP contribution < -0.4 is 5.32 Å². The van der Waals surface area contributed by atoms with Crippen molar-refractivity contribution in [2.75, 3.05) is 13.1 Å². The number of rotatable bonds is 3. The molecule has 0 spiro atoms. The average molecular weight is 301 g/mol. The Kier molecular flexibility index (Phi) is 5.74. The third-order valence-electron chi connectivity index (χ3n) is 5.58. The largest absolute Gasteiger partial charge is 0.343 e. The molecule has 2 unspecified atom stereocenters. The van der Waals surface area contributed by atoms with Crippen molar-refractivity contribution in [2.24, 2.45) is 11.8 Å². The van der Waals surface area contributed by atoms with Crippen LogP contribution in [0.2, 0.25) is 0 Å². The highest BCUT2D eigenvalue weighted by Gasteiger charge is 2.35. The van der Waals surface area contributed by atoms with E-state index in [9.17, 15) is 4.79 Å². The molecule has 1 amide bonds. The van der Waals surface area contributed by atoms with Crippen LogP contribution in [0.15, 0.2) is 0 Å². The van der Waals surface area contributed by atoms with Gasteiger partial charge in [0.1, 0.15) is 0 Å². The maximum Gasteiger partial charge on any atom is 0.222 e. The predicted octanol–water partition coefficient (Wildman–Crippen LogP) is 2.98. The van der Waals surface area contributed by atoms with E-state index in [2.05, 4.69) is 17.1 Å².